The standard InChI is InChI=1S/C23H29NO3.ClH/c1-13-10-16-17-11-15-6-7-18(26-2)21-19(15)23(16,22(27-21)20(13)25)8-9-24(17)12-14-4-3-5-14;/h6-7,13-14,16-17,22H,3-5,8-12H2,1-2H3;1H/t13?,16-,17+,22?,23-;/m0./s1. The normalized spacial score (nSPS) is 38.1. The van der Waals surface area contributed by atoms with Crippen molar-refractivity contribution in [2.45, 2.75) is 63.0 Å². The first kappa shape index (κ1) is 18.7. The van der Waals surface area contributed by atoms with Gasteiger partial charge in [0.1, 0.15) is 0 Å². The van der Waals surface area contributed by atoms with Crippen molar-refractivity contribution in [1.29, 1.82) is 0 Å². The summed E-state index contributed by atoms with van der Waals surface area (Å²) in [5.74, 6) is 3.50. The molecule has 1 aromatic rings. The van der Waals surface area contributed by atoms with Gasteiger partial charge in [0.25, 0.3) is 0 Å². The molecule has 2 aliphatic heterocycles. The minimum absolute atomic E-state index is 0. The van der Waals surface area contributed by atoms with Crippen LogP contribution >= 0.6 is 12.4 Å². The second-order valence-electron chi connectivity index (χ2n) is 9.63. The summed E-state index contributed by atoms with van der Waals surface area (Å²) in [6.07, 6.45) is 7.07. The van der Waals surface area contributed by atoms with Gasteiger partial charge in [-0.1, -0.05) is 19.4 Å². The topological polar surface area (TPSA) is 38.8 Å². The van der Waals surface area contributed by atoms with Crippen LogP contribution in [0.5, 0.6) is 11.5 Å². The number of piperidine rings is 1. The van der Waals surface area contributed by atoms with E-state index in [0.717, 1.165) is 43.2 Å². The summed E-state index contributed by atoms with van der Waals surface area (Å²) in [5, 5.41) is 0. The quantitative estimate of drug-likeness (QED) is 0.770. The molecule has 1 spiro atoms. The van der Waals surface area contributed by atoms with Crippen LogP contribution in [-0.4, -0.2) is 43.0 Å². The summed E-state index contributed by atoms with van der Waals surface area (Å²) in [4.78, 5) is 16.0. The van der Waals surface area contributed by atoms with E-state index < -0.39 is 0 Å². The Hall–Kier alpha value is -1.26. The third-order valence-corrected chi connectivity index (χ3v) is 8.50. The molecule has 0 amide bonds. The van der Waals surface area contributed by atoms with Gasteiger partial charge in [0.2, 0.25) is 0 Å². The highest BCUT2D eigenvalue weighted by Crippen LogP contribution is 2.64. The maximum atomic E-state index is 13.2. The summed E-state index contributed by atoms with van der Waals surface area (Å²) in [6, 6.07) is 4.85. The summed E-state index contributed by atoms with van der Waals surface area (Å²) < 4.78 is 12.1. The number of carbonyl (C=O) groups excluding carboxylic acids is 1. The van der Waals surface area contributed by atoms with Crippen molar-refractivity contribution in [2.24, 2.45) is 17.8 Å². The average molecular weight is 404 g/mol. The van der Waals surface area contributed by atoms with E-state index in [9.17, 15) is 4.79 Å². The SMILES string of the molecule is COc1ccc2c3c1OC1C(=O)C(C)C[C@H]4[C@@H](C2)N(CC2CCC2)CC[C@]314.Cl. The Morgan fingerprint density at radius 2 is 2.14 bits per heavy atom. The van der Waals surface area contributed by atoms with Crippen molar-refractivity contribution >= 4 is 18.2 Å². The van der Waals surface area contributed by atoms with Crippen LogP contribution < -0.4 is 9.47 Å². The van der Waals surface area contributed by atoms with E-state index in [4.69, 9.17) is 9.47 Å². The zero-order chi connectivity index (χ0) is 18.3. The molecule has 0 N–H and O–H groups in total. The fourth-order valence-corrected chi connectivity index (χ4v) is 7.00. The van der Waals surface area contributed by atoms with E-state index in [-0.39, 0.29) is 29.8 Å². The van der Waals surface area contributed by atoms with Crippen molar-refractivity contribution in [3.8, 4) is 11.5 Å². The van der Waals surface area contributed by atoms with Gasteiger partial charge in [-0.15, -0.1) is 12.4 Å². The van der Waals surface area contributed by atoms with Crippen molar-refractivity contribution < 1.29 is 14.3 Å². The summed E-state index contributed by atoms with van der Waals surface area (Å²) in [6.45, 7) is 4.47. The number of hydrogen-bond acceptors (Lipinski definition) is 4. The van der Waals surface area contributed by atoms with Gasteiger partial charge in [0, 0.05) is 29.5 Å². The first-order chi connectivity index (χ1) is 13.1. The third-order valence-electron chi connectivity index (χ3n) is 8.50. The van der Waals surface area contributed by atoms with Crippen molar-refractivity contribution in [1.82, 2.24) is 4.90 Å². The van der Waals surface area contributed by atoms with Crippen LogP contribution in [0.1, 0.15) is 50.2 Å². The molecule has 1 aromatic carbocycles. The van der Waals surface area contributed by atoms with E-state index in [0.29, 0.717) is 17.7 Å². The predicted molar refractivity (Wildman–Crippen MR) is 110 cm³/mol. The fraction of sp³-hybridized carbons (Fsp3) is 0.696. The van der Waals surface area contributed by atoms with Crippen LogP contribution in [-0.2, 0) is 16.6 Å². The Balaban J connectivity index is 0.00000171. The fourth-order valence-electron chi connectivity index (χ4n) is 7.00. The van der Waals surface area contributed by atoms with E-state index in [1.165, 1.54) is 36.9 Å². The maximum Gasteiger partial charge on any atom is 0.177 e. The second kappa shape index (κ2) is 6.37. The van der Waals surface area contributed by atoms with E-state index >= 15 is 0 Å². The minimum Gasteiger partial charge on any atom is -0.493 e. The summed E-state index contributed by atoms with van der Waals surface area (Å²) >= 11 is 0. The van der Waals surface area contributed by atoms with Gasteiger partial charge in [-0.05, 0) is 62.1 Å². The highest BCUT2D eigenvalue weighted by atomic mass is 35.5. The number of nitrogens with zero attached hydrogens (tertiary/aromatic N) is 1. The molecule has 2 saturated carbocycles. The van der Waals surface area contributed by atoms with E-state index in [1.54, 1.807) is 7.11 Å². The summed E-state index contributed by atoms with van der Waals surface area (Å²) in [7, 11) is 1.70. The number of benzene rings is 1. The first-order valence-electron chi connectivity index (χ1n) is 10.8. The molecule has 5 atom stereocenters. The maximum absolute atomic E-state index is 13.2. The number of ketones is 1. The highest BCUT2D eigenvalue weighted by Gasteiger charge is 2.67. The second-order valence-corrected chi connectivity index (χ2v) is 9.63. The Morgan fingerprint density at radius 3 is 2.86 bits per heavy atom. The number of rotatable bonds is 3. The molecule has 3 aliphatic carbocycles. The average Bonchev–Trinajstić information content (AvgIpc) is 2.97. The van der Waals surface area contributed by atoms with Gasteiger partial charge in [-0.3, -0.25) is 9.69 Å². The Labute approximate surface area is 173 Å². The number of ether oxygens (including phenoxy) is 2. The first-order valence-corrected chi connectivity index (χ1v) is 10.8. The number of methoxy groups -OCH3 is 1. The van der Waals surface area contributed by atoms with Crippen molar-refractivity contribution in [2.75, 3.05) is 20.2 Å². The Bertz CT molecular complexity index is 822. The van der Waals surface area contributed by atoms with Gasteiger partial charge in [0.05, 0.1) is 7.11 Å². The van der Waals surface area contributed by atoms with Gasteiger partial charge >= 0.3 is 0 Å². The number of Topliss-reactive ketones (excluding diaryl/α,β-unsaturated/α-hetero) is 1. The van der Waals surface area contributed by atoms with Crippen molar-refractivity contribution in [3.05, 3.63) is 23.3 Å². The van der Waals surface area contributed by atoms with Gasteiger partial charge in [0.15, 0.2) is 23.4 Å². The zero-order valence-electron chi connectivity index (χ0n) is 16.8. The lowest BCUT2D eigenvalue weighted by Gasteiger charge is -2.59. The monoisotopic (exact) mass is 403 g/mol. The molecule has 152 valence electrons. The van der Waals surface area contributed by atoms with Crippen LogP contribution in [0.25, 0.3) is 0 Å². The lowest BCUT2D eigenvalue weighted by Crippen LogP contribution is -2.67. The third kappa shape index (κ3) is 2.19. The molecule has 0 radical (unpaired) electrons. The molecule has 28 heavy (non-hydrogen) atoms. The van der Waals surface area contributed by atoms with Gasteiger partial charge in [-0.2, -0.15) is 0 Å². The van der Waals surface area contributed by atoms with Crippen LogP contribution in [0, 0.1) is 17.8 Å². The number of hydrogen-bond donors (Lipinski definition) is 0. The molecule has 1 saturated heterocycles. The molecule has 5 heteroatoms. The van der Waals surface area contributed by atoms with Crippen LogP contribution in [0.15, 0.2) is 12.1 Å². The minimum atomic E-state index is -0.301. The molecular weight excluding hydrogens is 374 g/mol. The molecule has 6 rings (SSSR count). The Kier molecular flexibility index (Phi) is 4.26. The van der Waals surface area contributed by atoms with E-state index in [2.05, 4.69) is 17.9 Å². The summed E-state index contributed by atoms with van der Waals surface area (Å²) in [5.41, 5.74) is 2.62. The van der Waals surface area contributed by atoms with Crippen LogP contribution in [0.4, 0.5) is 0 Å². The smallest absolute Gasteiger partial charge is 0.177 e. The predicted octanol–water partition coefficient (Wildman–Crippen LogP) is 3.77. The van der Waals surface area contributed by atoms with E-state index in [1.807, 2.05) is 6.07 Å². The lowest BCUT2D eigenvalue weighted by atomic mass is 9.50. The largest absolute Gasteiger partial charge is 0.493 e. The number of halogens is 1. The molecule has 2 unspecified atom stereocenters. The molecule has 2 heterocycles. The molecule has 5 aliphatic rings. The van der Waals surface area contributed by atoms with Gasteiger partial charge in [-0.25, -0.2) is 0 Å². The molecular formula is C23H30ClNO3. The van der Waals surface area contributed by atoms with Crippen molar-refractivity contribution in [3.63, 3.8) is 0 Å². The lowest BCUT2D eigenvalue weighted by molar-refractivity contribution is -0.145. The van der Waals surface area contributed by atoms with Crippen LogP contribution in [0.2, 0.25) is 0 Å². The number of likely N-dealkylation sites (tertiary alicyclic amines) is 1. The van der Waals surface area contributed by atoms with Crippen LogP contribution in [0.3, 0.4) is 0 Å². The highest BCUT2D eigenvalue weighted by molar-refractivity contribution is 5.91. The molecule has 3 fully saturated rings. The molecule has 4 nitrogen and oxygen atoms in total. The number of carbonyl (C=O) groups is 1. The Morgan fingerprint density at radius 1 is 1.32 bits per heavy atom. The molecule has 2 bridgehead atoms. The molecule has 0 aromatic heterocycles. The van der Waals surface area contributed by atoms with Gasteiger partial charge < -0.3 is 9.47 Å². The zero-order valence-corrected chi connectivity index (χ0v) is 17.6.